The van der Waals surface area contributed by atoms with Gasteiger partial charge in [0, 0.05) is 10.8 Å². The van der Waals surface area contributed by atoms with E-state index in [1.54, 1.807) is 6.07 Å². The second-order valence-corrected chi connectivity index (χ2v) is 6.28. The SMILES string of the molecule is O=C(COC(=O)CSCc1ccccc1Cl)Nc1c(F)cccc1F. The summed E-state index contributed by atoms with van der Waals surface area (Å²) in [4.78, 5) is 23.2. The van der Waals surface area contributed by atoms with Crippen LogP contribution in [0.5, 0.6) is 0 Å². The number of carbonyl (C=O) groups excluding carboxylic acids is 2. The van der Waals surface area contributed by atoms with Crippen molar-refractivity contribution in [2.24, 2.45) is 0 Å². The van der Waals surface area contributed by atoms with E-state index in [1.165, 1.54) is 17.8 Å². The number of nitrogens with one attached hydrogen (secondary N) is 1. The average Bonchev–Trinajstić information content (AvgIpc) is 2.58. The molecule has 0 atom stereocenters. The zero-order valence-electron chi connectivity index (χ0n) is 12.9. The van der Waals surface area contributed by atoms with Gasteiger partial charge in [-0.2, -0.15) is 0 Å². The van der Waals surface area contributed by atoms with Crippen LogP contribution in [-0.4, -0.2) is 24.2 Å². The third-order valence-electron chi connectivity index (χ3n) is 3.03. The summed E-state index contributed by atoms with van der Waals surface area (Å²) in [6.07, 6.45) is 0. The highest BCUT2D eigenvalue weighted by atomic mass is 35.5. The van der Waals surface area contributed by atoms with Gasteiger partial charge in [0.05, 0.1) is 5.75 Å². The Morgan fingerprint density at radius 1 is 1.08 bits per heavy atom. The normalized spacial score (nSPS) is 10.4. The molecule has 0 spiro atoms. The number of para-hydroxylation sites is 1. The van der Waals surface area contributed by atoms with Crippen LogP contribution in [0.25, 0.3) is 0 Å². The third-order valence-corrected chi connectivity index (χ3v) is 4.35. The number of halogens is 3. The van der Waals surface area contributed by atoms with Crippen LogP contribution >= 0.6 is 23.4 Å². The van der Waals surface area contributed by atoms with Gasteiger partial charge in [0.1, 0.15) is 17.3 Å². The summed E-state index contributed by atoms with van der Waals surface area (Å²) in [5.41, 5.74) is 0.311. The van der Waals surface area contributed by atoms with Gasteiger partial charge in [-0.05, 0) is 23.8 Å². The fourth-order valence-electron chi connectivity index (χ4n) is 1.84. The maximum atomic E-state index is 13.4. The number of esters is 1. The van der Waals surface area contributed by atoms with E-state index in [-0.39, 0.29) is 5.75 Å². The van der Waals surface area contributed by atoms with E-state index in [2.05, 4.69) is 0 Å². The highest BCUT2D eigenvalue weighted by Gasteiger charge is 2.13. The molecule has 2 aromatic carbocycles. The number of hydrogen-bond acceptors (Lipinski definition) is 4. The summed E-state index contributed by atoms with van der Waals surface area (Å²) in [7, 11) is 0. The fraction of sp³-hybridized carbons (Fsp3) is 0.176. The molecule has 1 amide bonds. The van der Waals surface area contributed by atoms with E-state index in [0.717, 1.165) is 17.7 Å². The molecule has 0 unspecified atom stereocenters. The first-order chi connectivity index (χ1) is 12.0. The maximum Gasteiger partial charge on any atom is 0.316 e. The molecule has 4 nitrogen and oxygen atoms in total. The topological polar surface area (TPSA) is 55.4 Å². The molecule has 0 radical (unpaired) electrons. The van der Waals surface area contributed by atoms with Crippen LogP contribution in [0.15, 0.2) is 42.5 Å². The lowest BCUT2D eigenvalue weighted by molar-refractivity contribution is -0.144. The maximum absolute atomic E-state index is 13.4. The molecule has 2 rings (SSSR count). The molecule has 2 aromatic rings. The molecule has 0 aliphatic rings. The van der Waals surface area contributed by atoms with Crippen LogP contribution in [0.1, 0.15) is 5.56 Å². The van der Waals surface area contributed by atoms with Gasteiger partial charge in [-0.1, -0.05) is 35.9 Å². The first kappa shape index (κ1) is 19.2. The Kier molecular flexibility index (Phi) is 7.21. The molecular weight excluding hydrogens is 372 g/mol. The number of benzene rings is 2. The molecule has 0 heterocycles. The zero-order valence-corrected chi connectivity index (χ0v) is 14.5. The molecule has 0 aromatic heterocycles. The van der Waals surface area contributed by atoms with Crippen LogP contribution < -0.4 is 5.32 Å². The number of carbonyl (C=O) groups is 2. The number of anilines is 1. The fourth-order valence-corrected chi connectivity index (χ4v) is 2.95. The van der Waals surface area contributed by atoms with Crippen molar-refractivity contribution < 1.29 is 23.1 Å². The van der Waals surface area contributed by atoms with Crippen LogP contribution in [0.4, 0.5) is 14.5 Å². The highest BCUT2D eigenvalue weighted by molar-refractivity contribution is 7.99. The Labute approximate surface area is 152 Å². The average molecular weight is 386 g/mol. The number of thioether (sulfide) groups is 1. The molecule has 0 aliphatic heterocycles. The Balaban J connectivity index is 1.73. The lowest BCUT2D eigenvalue weighted by Crippen LogP contribution is -2.22. The van der Waals surface area contributed by atoms with Crippen LogP contribution in [0.2, 0.25) is 5.02 Å². The summed E-state index contributed by atoms with van der Waals surface area (Å²) in [5, 5.41) is 2.64. The lowest BCUT2D eigenvalue weighted by atomic mass is 10.2. The quantitative estimate of drug-likeness (QED) is 0.731. The molecule has 0 saturated heterocycles. The van der Waals surface area contributed by atoms with E-state index in [1.807, 2.05) is 23.5 Å². The van der Waals surface area contributed by atoms with Gasteiger partial charge < -0.3 is 10.1 Å². The molecule has 0 aliphatic carbocycles. The minimum absolute atomic E-state index is 0.0204. The molecule has 8 heteroatoms. The van der Waals surface area contributed by atoms with Crippen molar-refractivity contribution in [3.05, 3.63) is 64.7 Å². The van der Waals surface area contributed by atoms with Gasteiger partial charge in [-0.25, -0.2) is 8.78 Å². The number of amides is 1. The summed E-state index contributed by atoms with van der Waals surface area (Å²) < 4.78 is 31.6. The second-order valence-electron chi connectivity index (χ2n) is 4.89. The predicted octanol–water partition coefficient (Wildman–Crippen LogP) is 4.03. The van der Waals surface area contributed by atoms with Crippen LogP contribution in [0.3, 0.4) is 0 Å². The van der Waals surface area contributed by atoms with Crippen LogP contribution in [0, 0.1) is 11.6 Å². The van der Waals surface area contributed by atoms with Crippen molar-refractivity contribution in [1.82, 2.24) is 0 Å². The van der Waals surface area contributed by atoms with Gasteiger partial charge in [0.25, 0.3) is 5.91 Å². The van der Waals surface area contributed by atoms with Crippen molar-refractivity contribution in [3.63, 3.8) is 0 Å². The number of hydrogen-bond donors (Lipinski definition) is 1. The summed E-state index contributed by atoms with van der Waals surface area (Å²) >= 11 is 7.28. The van der Waals surface area contributed by atoms with Crippen molar-refractivity contribution in [2.45, 2.75) is 5.75 Å². The van der Waals surface area contributed by atoms with Crippen molar-refractivity contribution in [3.8, 4) is 0 Å². The van der Waals surface area contributed by atoms with Crippen molar-refractivity contribution in [2.75, 3.05) is 17.7 Å². The lowest BCUT2D eigenvalue weighted by Gasteiger charge is -2.08. The molecule has 132 valence electrons. The third kappa shape index (κ3) is 6.03. The summed E-state index contributed by atoms with van der Waals surface area (Å²) in [5.74, 6) is -2.71. The van der Waals surface area contributed by atoms with Crippen molar-refractivity contribution >= 4 is 40.9 Å². The Hall–Kier alpha value is -2.12. The van der Waals surface area contributed by atoms with Gasteiger partial charge in [0.2, 0.25) is 0 Å². The molecule has 0 bridgehead atoms. The van der Waals surface area contributed by atoms with Gasteiger partial charge in [-0.3, -0.25) is 9.59 Å². The number of ether oxygens (including phenoxy) is 1. The van der Waals surface area contributed by atoms with Gasteiger partial charge in [0.15, 0.2) is 6.61 Å². The number of rotatable bonds is 7. The summed E-state index contributed by atoms with van der Waals surface area (Å²) in [6, 6.07) is 10.4. The van der Waals surface area contributed by atoms with Gasteiger partial charge in [-0.15, -0.1) is 11.8 Å². The monoisotopic (exact) mass is 385 g/mol. The standard InChI is InChI=1S/C17H14ClF2NO3S/c18-12-5-2-1-4-11(12)9-25-10-16(23)24-8-15(22)21-17-13(19)6-3-7-14(17)20/h1-7H,8-10H2,(H,21,22). The van der Waals surface area contributed by atoms with E-state index < -0.39 is 35.8 Å². The van der Waals surface area contributed by atoms with E-state index in [0.29, 0.717) is 10.8 Å². The Morgan fingerprint density at radius 3 is 2.44 bits per heavy atom. The zero-order chi connectivity index (χ0) is 18.2. The largest absolute Gasteiger partial charge is 0.455 e. The van der Waals surface area contributed by atoms with Gasteiger partial charge >= 0.3 is 5.97 Å². The Morgan fingerprint density at radius 2 is 1.76 bits per heavy atom. The van der Waals surface area contributed by atoms with Crippen molar-refractivity contribution in [1.29, 1.82) is 0 Å². The molecule has 1 N–H and O–H groups in total. The van der Waals surface area contributed by atoms with E-state index >= 15 is 0 Å². The van der Waals surface area contributed by atoms with Crippen LogP contribution in [-0.2, 0) is 20.1 Å². The molecule has 25 heavy (non-hydrogen) atoms. The van der Waals surface area contributed by atoms with E-state index in [9.17, 15) is 18.4 Å². The second kappa shape index (κ2) is 9.39. The smallest absolute Gasteiger partial charge is 0.316 e. The minimum atomic E-state index is -0.907. The van der Waals surface area contributed by atoms with E-state index in [4.69, 9.17) is 16.3 Å². The molecular formula is C17H14ClF2NO3S. The first-order valence-corrected chi connectivity index (χ1v) is 8.71. The minimum Gasteiger partial charge on any atom is -0.455 e. The summed E-state index contributed by atoms with van der Waals surface area (Å²) in [6.45, 7) is -0.626. The highest BCUT2D eigenvalue weighted by Crippen LogP contribution is 2.21. The molecule has 0 saturated carbocycles. The Bertz CT molecular complexity index is 753. The first-order valence-electron chi connectivity index (χ1n) is 7.18. The molecule has 0 fully saturated rings. The predicted molar refractivity (Wildman–Crippen MR) is 93.6 cm³/mol.